The number of piperazine rings is 1. The lowest BCUT2D eigenvalue weighted by Gasteiger charge is -2.36. The van der Waals surface area contributed by atoms with Crippen LogP contribution in [0.25, 0.3) is 0 Å². The fourth-order valence-electron chi connectivity index (χ4n) is 2.31. The standard InChI is InChI=1S/C14H20BrN5O4/c1-14(2,3)24-13(21)19-6-4-18(5-7-19)10-8-9(16)12(20(22)23)17-11(10)15/h8H,4-7,16H2,1-3H3. The van der Waals surface area contributed by atoms with Gasteiger partial charge < -0.3 is 30.4 Å². The van der Waals surface area contributed by atoms with Gasteiger partial charge in [-0.15, -0.1) is 0 Å². The van der Waals surface area contributed by atoms with Gasteiger partial charge in [0.1, 0.15) is 11.3 Å². The number of amides is 1. The molecular formula is C14H20BrN5O4. The Labute approximate surface area is 148 Å². The highest BCUT2D eigenvalue weighted by Gasteiger charge is 2.28. The molecule has 1 fully saturated rings. The quantitative estimate of drug-likeness (QED) is 0.459. The van der Waals surface area contributed by atoms with E-state index in [0.29, 0.717) is 36.5 Å². The summed E-state index contributed by atoms with van der Waals surface area (Å²) in [6.07, 6.45) is -0.345. The number of nitro groups is 1. The summed E-state index contributed by atoms with van der Waals surface area (Å²) in [5.74, 6) is -0.377. The van der Waals surface area contributed by atoms with E-state index in [1.54, 1.807) is 4.90 Å². The molecule has 0 aromatic carbocycles. The maximum absolute atomic E-state index is 12.1. The number of nitrogen functional groups attached to an aromatic ring is 1. The van der Waals surface area contributed by atoms with E-state index >= 15 is 0 Å². The Balaban J connectivity index is 2.06. The van der Waals surface area contributed by atoms with E-state index in [4.69, 9.17) is 10.5 Å². The van der Waals surface area contributed by atoms with Crippen LogP contribution in [0.5, 0.6) is 0 Å². The molecule has 2 heterocycles. The topological polar surface area (TPSA) is 115 Å². The minimum atomic E-state index is -0.621. The molecule has 24 heavy (non-hydrogen) atoms. The maximum Gasteiger partial charge on any atom is 0.410 e. The van der Waals surface area contributed by atoms with Crippen molar-refractivity contribution < 1.29 is 14.5 Å². The number of carbonyl (C=O) groups is 1. The SMILES string of the molecule is CC(C)(C)OC(=O)N1CCN(c2cc(N)c([N+](=O)[O-])nc2Br)CC1. The van der Waals surface area contributed by atoms with Gasteiger partial charge in [0, 0.05) is 42.1 Å². The molecule has 10 heteroatoms. The third-order valence-corrected chi connectivity index (χ3v) is 3.99. The number of halogens is 1. The van der Waals surface area contributed by atoms with E-state index in [1.165, 1.54) is 6.07 Å². The zero-order valence-electron chi connectivity index (χ0n) is 13.8. The van der Waals surface area contributed by atoms with Crippen LogP contribution in [0.3, 0.4) is 0 Å². The van der Waals surface area contributed by atoms with E-state index in [2.05, 4.69) is 20.9 Å². The molecule has 2 rings (SSSR count). The lowest BCUT2D eigenvalue weighted by Crippen LogP contribution is -2.50. The van der Waals surface area contributed by atoms with Crippen LogP contribution >= 0.6 is 15.9 Å². The van der Waals surface area contributed by atoms with Crippen molar-refractivity contribution >= 4 is 39.2 Å². The maximum atomic E-state index is 12.1. The monoisotopic (exact) mass is 401 g/mol. The molecule has 0 spiro atoms. The van der Waals surface area contributed by atoms with Crippen molar-refractivity contribution in [3.05, 3.63) is 20.8 Å². The average molecular weight is 402 g/mol. The first-order valence-electron chi connectivity index (χ1n) is 7.42. The fraction of sp³-hybridized carbons (Fsp3) is 0.571. The number of anilines is 2. The van der Waals surface area contributed by atoms with Crippen molar-refractivity contribution in [2.75, 3.05) is 36.8 Å². The van der Waals surface area contributed by atoms with Crippen LogP contribution in [0.2, 0.25) is 0 Å². The first-order chi connectivity index (χ1) is 11.1. The minimum absolute atomic E-state index is 0.00720. The molecule has 9 nitrogen and oxygen atoms in total. The van der Waals surface area contributed by atoms with Gasteiger partial charge in [0.15, 0.2) is 0 Å². The Morgan fingerprint density at radius 3 is 2.46 bits per heavy atom. The highest BCUT2D eigenvalue weighted by molar-refractivity contribution is 9.10. The van der Waals surface area contributed by atoms with Crippen LogP contribution in [-0.4, -0.2) is 52.7 Å². The molecule has 1 aromatic heterocycles. The molecule has 0 saturated carbocycles. The lowest BCUT2D eigenvalue weighted by atomic mass is 10.2. The normalized spacial score (nSPS) is 15.3. The Kier molecular flexibility index (Phi) is 5.16. The Morgan fingerprint density at radius 2 is 1.96 bits per heavy atom. The van der Waals surface area contributed by atoms with Crippen molar-refractivity contribution in [1.82, 2.24) is 9.88 Å². The summed E-state index contributed by atoms with van der Waals surface area (Å²) in [5.41, 5.74) is 5.85. The summed E-state index contributed by atoms with van der Waals surface area (Å²) in [7, 11) is 0. The largest absolute Gasteiger partial charge is 0.444 e. The summed E-state index contributed by atoms with van der Waals surface area (Å²) >= 11 is 3.25. The second-order valence-corrected chi connectivity index (χ2v) is 7.17. The Bertz CT molecular complexity index is 653. The van der Waals surface area contributed by atoms with Crippen molar-refractivity contribution in [3.63, 3.8) is 0 Å². The van der Waals surface area contributed by atoms with Crippen LogP contribution in [0.1, 0.15) is 20.8 Å². The number of rotatable bonds is 2. The van der Waals surface area contributed by atoms with Gasteiger partial charge in [0.2, 0.25) is 4.60 Å². The molecule has 0 aliphatic carbocycles. The zero-order chi connectivity index (χ0) is 18.1. The molecule has 132 valence electrons. The predicted octanol–water partition coefficient (Wildman–Crippen LogP) is 2.39. The summed E-state index contributed by atoms with van der Waals surface area (Å²) in [4.78, 5) is 29.8. The number of hydrogen-bond acceptors (Lipinski definition) is 7. The van der Waals surface area contributed by atoms with E-state index in [9.17, 15) is 14.9 Å². The zero-order valence-corrected chi connectivity index (χ0v) is 15.4. The van der Waals surface area contributed by atoms with E-state index in [0.717, 1.165) is 0 Å². The average Bonchev–Trinajstić information content (AvgIpc) is 2.47. The molecule has 1 amide bonds. The van der Waals surface area contributed by atoms with Crippen molar-refractivity contribution in [1.29, 1.82) is 0 Å². The number of carbonyl (C=O) groups excluding carboxylic acids is 1. The molecule has 1 aromatic rings. The van der Waals surface area contributed by atoms with Crippen LogP contribution in [0.4, 0.5) is 22.0 Å². The van der Waals surface area contributed by atoms with Gasteiger partial charge in [-0.2, -0.15) is 0 Å². The molecule has 0 atom stereocenters. The van der Waals surface area contributed by atoms with Crippen LogP contribution in [0, 0.1) is 10.1 Å². The molecule has 2 N–H and O–H groups in total. The van der Waals surface area contributed by atoms with Crippen molar-refractivity contribution in [2.24, 2.45) is 0 Å². The molecule has 1 saturated heterocycles. The Morgan fingerprint density at radius 1 is 1.38 bits per heavy atom. The molecule has 1 aliphatic rings. The van der Waals surface area contributed by atoms with E-state index in [-0.39, 0.29) is 17.6 Å². The summed E-state index contributed by atoms with van der Waals surface area (Å²) < 4.78 is 5.71. The molecule has 0 bridgehead atoms. The first-order valence-corrected chi connectivity index (χ1v) is 8.21. The van der Waals surface area contributed by atoms with Gasteiger partial charge in [-0.3, -0.25) is 0 Å². The highest BCUT2D eigenvalue weighted by Crippen LogP contribution is 2.32. The molecular weight excluding hydrogens is 382 g/mol. The number of aromatic nitrogens is 1. The second kappa shape index (κ2) is 6.80. The van der Waals surface area contributed by atoms with Gasteiger partial charge >= 0.3 is 11.9 Å². The van der Waals surface area contributed by atoms with E-state index in [1.807, 2.05) is 25.7 Å². The fourth-order valence-corrected chi connectivity index (χ4v) is 2.84. The molecule has 0 radical (unpaired) electrons. The predicted molar refractivity (Wildman–Crippen MR) is 93.0 cm³/mol. The minimum Gasteiger partial charge on any atom is -0.444 e. The first kappa shape index (κ1) is 18.2. The third-order valence-electron chi connectivity index (χ3n) is 3.41. The number of pyridine rings is 1. The van der Waals surface area contributed by atoms with Crippen molar-refractivity contribution in [2.45, 2.75) is 26.4 Å². The summed E-state index contributed by atoms with van der Waals surface area (Å²) in [6, 6.07) is 1.53. The lowest BCUT2D eigenvalue weighted by molar-refractivity contribution is -0.388. The third kappa shape index (κ3) is 4.25. The van der Waals surface area contributed by atoms with Gasteiger partial charge in [-0.1, -0.05) is 0 Å². The van der Waals surface area contributed by atoms with Gasteiger partial charge in [0.25, 0.3) is 0 Å². The van der Waals surface area contributed by atoms with E-state index < -0.39 is 10.5 Å². The van der Waals surface area contributed by atoms with Gasteiger partial charge in [-0.05, 0) is 36.7 Å². The number of nitrogens with zero attached hydrogens (tertiary/aromatic N) is 4. The smallest absolute Gasteiger partial charge is 0.410 e. The number of nitrogens with two attached hydrogens (primary N) is 1. The van der Waals surface area contributed by atoms with Crippen LogP contribution in [0.15, 0.2) is 10.7 Å². The summed E-state index contributed by atoms with van der Waals surface area (Å²) in [6.45, 7) is 7.54. The van der Waals surface area contributed by atoms with Gasteiger partial charge in [-0.25, -0.2) is 4.79 Å². The van der Waals surface area contributed by atoms with Crippen molar-refractivity contribution in [3.8, 4) is 0 Å². The van der Waals surface area contributed by atoms with Gasteiger partial charge in [0.05, 0.1) is 5.69 Å². The van der Waals surface area contributed by atoms with Crippen LogP contribution < -0.4 is 10.6 Å². The second-order valence-electron chi connectivity index (χ2n) is 6.42. The summed E-state index contributed by atoms with van der Waals surface area (Å²) in [5, 5.41) is 10.9. The molecule has 1 aliphatic heterocycles. The molecule has 0 unspecified atom stereocenters. The van der Waals surface area contributed by atoms with Crippen LogP contribution in [-0.2, 0) is 4.74 Å². The Hall–Kier alpha value is -2.10. The number of ether oxygens (including phenoxy) is 1. The highest BCUT2D eigenvalue weighted by atomic mass is 79.9. The number of hydrogen-bond donors (Lipinski definition) is 1.